The summed E-state index contributed by atoms with van der Waals surface area (Å²) in [4.78, 5) is 28.2. The molecule has 1 fully saturated rings. The minimum Gasteiger partial charge on any atom is -0.483 e. The summed E-state index contributed by atoms with van der Waals surface area (Å²) < 4.78 is 15.8. The number of hydrogen-bond acceptors (Lipinski definition) is 6. The Kier molecular flexibility index (Phi) is 8.54. The van der Waals surface area contributed by atoms with Crippen LogP contribution in [0.1, 0.15) is 17.5 Å². The molecule has 0 radical (unpaired) electrons. The summed E-state index contributed by atoms with van der Waals surface area (Å²) in [6.45, 7) is 8.64. The SMILES string of the molecule is COC(=O)CCN(CCN1CCOCC1)C(=O)COc1c(C)cccc1C. The van der Waals surface area contributed by atoms with Crippen molar-refractivity contribution in [3.05, 3.63) is 29.3 Å². The molecular weight excluding hydrogens is 348 g/mol. The Hall–Kier alpha value is -2.12. The first-order chi connectivity index (χ1) is 13.0. The smallest absolute Gasteiger partial charge is 0.307 e. The molecule has 1 aliphatic heterocycles. The lowest BCUT2D eigenvalue weighted by atomic mass is 10.1. The molecule has 7 heteroatoms. The van der Waals surface area contributed by atoms with E-state index < -0.39 is 0 Å². The summed E-state index contributed by atoms with van der Waals surface area (Å²) in [7, 11) is 1.35. The Morgan fingerprint density at radius 3 is 2.44 bits per heavy atom. The van der Waals surface area contributed by atoms with Crippen molar-refractivity contribution in [2.75, 3.05) is 59.7 Å². The first-order valence-electron chi connectivity index (χ1n) is 9.35. The zero-order valence-corrected chi connectivity index (χ0v) is 16.5. The molecule has 0 unspecified atom stereocenters. The van der Waals surface area contributed by atoms with E-state index in [9.17, 15) is 9.59 Å². The number of hydrogen-bond donors (Lipinski definition) is 0. The first-order valence-corrected chi connectivity index (χ1v) is 9.35. The molecule has 0 aliphatic carbocycles. The number of ether oxygens (including phenoxy) is 3. The number of benzene rings is 1. The maximum Gasteiger partial charge on any atom is 0.307 e. The number of rotatable bonds is 9. The lowest BCUT2D eigenvalue weighted by molar-refractivity contribution is -0.142. The average Bonchev–Trinajstić information content (AvgIpc) is 2.68. The number of amides is 1. The minimum atomic E-state index is -0.324. The van der Waals surface area contributed by atoms with E-state index in [1.54, 1.807) is 4.90 Å². The van der Waals surface area contributed by atoms with Crippen molar-refractivity contribution in [3.63, 3.8) is 0 Å². The number of morpholine rings is 1. The molecule has 1 aromatic rings. The summed E-state index contributed by atoms with van der Waals surface area (Å²) in [6.07, 6.45) is 0.175. The predicted octanol–water partition coefficient (Wildman–Crippen LogP) is 1.41. The fourth-order valence-electron chi connectivity index (χ4n) is 3.03. The van der Waals surface area contributed by atoms with Crippen LogP contribution in [0.25, 0.3) is 0 Å². The quantitative estimate of drug-likeness (QED) is 0.605. The van der Waals surface area contributed by atoms with Crippen molar-refractivity contribution >= 4 is 11.9 Å². The molecule has 0 N–H and O–H groups in total. The number of nitrogens with zero attached hydrogens (tertiary/aromatic N) is 2. The lowest BCUT2D eigenvalue weighted by Gasteiger charge is -2.30. The number of aryl methyl sites for hydroxylation is 2. The van der Waals surface area contributed by atoms with Gasteiger partial charge in [0.2, 0.25) is 0 Å². The van der Waals surface area contributed by atoms with Crippen LogP contribution in [0, 0.1) is 13.8 Å². The van der Waals surface area contributed by atoms with Gasteiger partial charge in [-0.2, -0.15) is 0 Å². The van der Waals surface area contributed by atoms with E-state index >= 15 is 0 Å². The second-order valence-corrected chi connectivity index (χ2v) is 6.67. The second kappa shape index (κ2) is 10.9. The third-order valence-corrected chi connectivity index (χ3v) is 4.70. The highest BCUT2D eigenvalue weighted by atomic mass is 16.5. The van der Waals surface area contributed by atoms with E-state index in [0.29, 0.717) is 26.3 Å². The van der Waals surface area contributed by atoms with Gasteiger partial charge in [0.25, 0.3) is 5.91 Å². The van der Waals surface area contributed by atoms with Gasteiger partial charge in [0.05, 0.1) is 26.7 Å². The van der Waals surface area contributed by atoms with E-state index in [4.69, 9.17) is 14.2 Å². The molecule has 7 nitrogen and oxygen atoms in total. The molecule has 0 saturated carbocycles. The van der Waals surface area contributed by atoms with Crippen molar-refractivity contribution < 1.29 is 23.8 Å². The van der Waals surface area contributed by atoms with Crippen LogP contribution < -0.4 is 4.74 Å². The van der Waals surface area contributed by atoms with Crippen LogP contribution >= 0.6 is 0 Å². The standard InChI is InChI=1S/C20H30N2O5/c1-16-5-4-6-17(2)20(16)27-15-18(23)22(8-7-19(24)25-3)10-9-21-11-13-26-14-12-21/h4-6H,7-15H2,1-3H3. The lowest BCUT2D eigenvalue weighted by Crippen LogP contribution is -2.44. The molecule has 2 rings (SSSR count). The summed E-state index contributed by atoms with van der Waals surface area (Å²) >= 11 is 0. The number of para-hydroxylation sites is 1. The van der Waals surface area contributed by atoms with Crippen LogP contribution in [0.4, 0.5) is 0 Å². The normalized spacial score (nSPS) is 14.6. The minimum absolute atomic E-state index is 0.0457. The molecular formula is C20H30N2O5. The average molecular weight is 378 g/mol. The van der Waals surface area contributed by atoms with E-state index in [2.05, 4.69) is 4.90 Å². The Morgan fingerprint density at radius 1 is 1.15 bits per heavy atom. The number of carbonyl (C=O) groups is 2. The van der Waals surface area contributed by atoms with Crippen LogP contribution in [0.15, 0.2) is 18.2 Å². The van der Waals surface area contributed by atoms with Gasteiger partial charge < -0.3 is 19.1 Å². The second-order valence-electron chi connectivity index (χ2n) is 6.67. The van der Waals surface area contributed by atoms with Gasteiger partial charge in [-0.05, 0) is 25.0 Å². The van der Waals surface area contributed by atoms with Crippen LogP contribution in [0.2, 0.25) is 0 Å². The maximum absolute atomic E-state index is 12.7. The number of carbonyl (C=O) groups excluding carboxylic acids is 2. The topological polar surface area (TPSA) is 68.3 Å². The fraction of sp³-hybridized carbons (Fsp3) is 0.600. The van der Waals surface area contributed by atoms with Gasteiger partial charge in [0.15, 0.2) is 6.61 Å². The van der Waals surface area contributed by atoms with Gasteiger partial charge in [-0.3, -0.25) is 14.5 Å². The summed E-state index contributed by atoms with van der Waals surface area (Å²) in [5.41, 5.74) is 1.99. The number of esters is 1. The Balaban J connectivity index is 1.93. The molecule has 0 spiro atoms. The molecule has 27 heavy (non-hydrogen) atoms. The van der Waals surface area contributed by atoms with Gasteiger partial charge in [-0.15, -0.1) is 0 Å². The third kappa shape index (κ3) is 6.84. The van der Waals surface area contributed by atoms with Crippen molar-refractivity contribution in [1.82, 2.24) is 9.80 Å². The van der Waals surface area contributed by atoms with Crippen LogP contribution in [-0.2, 0) is 19.1 Å². The zero-order chi connectivity index (χ0) is 19.6. The van der Waals surface area contributed by atoms with Gasteiger partial charge in [-0.25, -0.2) is 0 Å². The molecule has 1 heterocycles. The van der Waals surface area contributed by atoms with E-state index in [0.717, 1.165) is 36.5 Å². The fourth-order valence-corrected chi connectivity index (χ4v) is 3.03. The van der Waals surface area contributed by atoms with E-state index in [-0.39, 0.29) is 24.9 Å². The summed E-state index contributed by atoms with van der Waals surface area (Å²) in [6, 6.07) is 5.88. The van der Waals surface area contributed by atoms with Crippen molar-refractivity contribution in [1.29, 1.82) is 0 Å². The highest BCUT2D eigenvalue weighted by molar-refractivity contribution is 5.78. The van der Waals surface area contributed by atoms with Crippen molar-refractivity contribution in [2.45, 2.75) is 20.3 Å². The Morgan fingerprint density at radius 2 is 1.81 bits per heavy atom. The monoisotopic (exact) mass is 378 g/mol. The summed E-state index contributed by atoms with van der Waals surface area (Å²) in [5.74, 6) is 0.289. The van der Waals surface area contributed by atoms with Gasteiger partial charge in [0.1, 0.15) is 5.75 Å². The molecule has 1 amide bonds. The molecule has 1 saturated heterocycles. The number of methoxy groups -OCH3 is 1. The Bertz CT molecular complexity index is 609. The van der Waals surface area contributed by atoms with E-state index in [1.807, 2.05) is 32.0 Å². The molecule has 1 aromatic carbocycles. The van der Waals surface area contributed by atoms with Crippen molar-refractivity contribution in [2.24, 2.45) is 0 Å². The highest BCUT2D eigenvalue weighted by Gasteiger charge is 2.19. The van der Waals surface area contributed by atoms with Crippen molar-refractivity contribution in [3.8, 4) is 5.75 Å². The summed E-state index contributed by atoms with van der Waals surface area (Å²) in [5, 5.41) is 0. The molecule has 1 aliphatic rings. The zero-order valence-electron chi connectivity index (χ0n) is 16.5. The van der Waals surface area contributed by atoms with Crippen LogP contribution in [0.5, 0.6) is 5.75 Å². The molecule has 0 aromatic heterocycles. The van der Waals surface area contributed by atoms with Crippen LogP contribution in [0.3, 0.4) is 0 Å². The molecule has 0 bridgehead atoms. The van der Waals surface area contributed by atoms with Gasteiger partial charge in [-0.1, -0.05) is 18.2 Å². The van der Waals surface area contributed by atoms with E-state index in [1.165, 1.54) is 7.11 Å². The predicted molar refractivity (Wildman–Crippen MR) is 102 cm³/mol. The maximum atomic E-state index is 12.7. The Labute approximate surface area is 161 Å². The molecule has 150 valence electrons. The van der Waals surface area contributed by atoms with Crippen LogP contribution in [-0.4, -0.2) is 81.3 Å². The van der Waals surface area contributed by atoms with Gasteiger partial charge in [0, 0.05) is 32.7 Å². The first kappa shape index (κ1) is 21.2. The largest absolute Gasteiger partial charge is 0.483 e. The third-order valence-electron chi connectivity index (χ3n) is 4.70. The van der Waals surface area contributed by atoms with Gasteiger partial charge >= 0.3 is 5.97 Å². The highest BCUT2D eigenvalue weighted by Crippen LogP contribution is 2.22. The molecule has 0 atom stereocenters.